The summed E-state index contributed by atoms with van der Waals surface area (Å²) in [6, 6.07) is 19.8. The molecule has 0 radical (unpaired) electrons. The van der Waals surface area contributed by atoms with Crippen LogP contribution in [0.1, 0.15) is 22.3 Å². The van der Waals surface area contributed by atoms with E-state index < -0.39 is 18.5 Å². The minimum atomic E-state index is -3.48. The number of aromatic nitrogens is 3. The van der Waals surface area contributed by atoms with Crippen molar-refractivity contribution in [2.45, 2.75) is 11.3 Å². The highest BCUT2D eigenvalue weighted by atomic mass is 31.2. The van der Waals surface area contributed by atoms with Gasteiger partial charge in [0.25, 0.3) is 18.5 Å². The Morgan fingerprint density at radius 2 is 1.12 bits per heavy atom. The fraction of sp³-hybridized carbons (Fsp3) is 0.129. The molecule has 4 aromatic carbocycles. The van der Waals surface area contributed by atoms with Gasteiger partial charge in [-0.15, -0.1) is 9.13 Å². The van der Waals surface area contributed by atoms with Crippen LogP contribution in [-0.4, -0.2) is 18.4 Å². The number of hydrogen-bond donors (Lipinski definition) is 2. The highest BCUT2D eigenvalue weighted by molar-refractivity contribution is 7.86. The van der Waals surface area contributed by atoms with Gasteiger partial charge < -0.3 is 18.9 Å². The van der Waals surface area contributed by atoms with Crippen LogP contribution >= 0.6 is 7.14 Å². The second-order valence-corrected chi connectivity index (χ2v) is 14.0. The average Bonchev–Trinajstić information content (AvgIpc) is 3.30. The van der Waals surface area contributed by atoms with E-state index in [0.717, 1.165) is 55.5 Å². The van der Waals surface area contributed by atoms with E-state index in [9.17, 15) is 0 Å². The van der Waals surface area contributed by atoms with E-state index in [0.29, 0.717) is 28.6 Å². The molecule has 1 aromatic heterocycles. The minimum absolute atomic E-state index is 0.256. The Morgan fingerprint density at radius 1 is 0.643 bits per heavy atom. The van der Waals surface area contributed by atoms with Gasteiger partial charge in [-0.1, -0.05) is 12.1 Å². The average molecular weight is 571 g/mol. The van der Waals surface area contributed by atoms with E-state index in [2.05, 4.69) is 31.9 Å². The number of nitrogens with one attached hydrogen (secondary N) is 2. The van der Waals surface area contributed by atoms with Gasteiger partial charge in [-0.2, -0.15) is 0 Å². The first-order chi connectivity index (χ1) is 20.7. The maximum absolute atomic E-state index is 16.3. The molecular formula is C31H18N5O5P+2. The lowest BCUT2D eigenvalue weighted by Crippen LogP contribution is -2.89. The van der Waals surface area contributed by atoms with Crippen LogP contribution in [0.4, 0.5) is 0 Å². The standard InChI is InChI=1S/C31H18N5O5P/c37-42-27-15-7-9-21-25(27)30(23-17(38-13-33-30)3-1-5-19(23)40-21)35-11-32-12-36(29(35)42)31-24-18(39-14-34-31)4-2-6-20(24)41-22-10-8-16(15)28(42)26(22)31/h1-12,33-34H,13-14H2/q+2. The molecule has 0 bridgehead atoms. The first-order valence-corrected chi connectivity index (χ1v) is 15.6. The zero-order valence-corrected chi connectivity index (χ0v) is 22.6. The minimum Gasteiger partial charge on any atom is -0.477 e. The van der Waals surface area contributed by atoms with Gasteiger partial charge in [0.2, 0.25) is 0 Å². The molecule has 2 unspecified atom stereocenters. The van der Waals surface area contributed by atoms with E-state index in [1.54, 1.807) is 12.7 Å². The lowest BCUT2D eigenvalue weighted by Gasteiger charge is -2.48. The van der Waals surface area contributed by atoms with E-state index >= 15 is 4.57 Å². The second kappa shape index (κ2) is 6.19. The molecule has 7 aliphatic rings. The molecule has 200 valence electrons. The first-order valence-electron chi connectivity index (χ1n) is 13.8. The van der Waals surface area contributed by atoms with Gasteiger partial charge in [0.1, 0.15) is 59.1 Å². The van der Waals surface area contributed by atoms with Crippen molar-refractivity contribution < 1.29 is 32.6 Å². The van der Waals surface area contributed by atoms with Crippen LogP contribution < -0.4 is 54.9 Å². The third-order valence-electron chi connectivity index (χ3n) is 9.97. The first kappa shape index (κ1) is 21.0. The Morgan fingerprint density at radius 3 is 1.64 bits per heavy atom. The van der Waals surface area contributed by atoms with Crippen molar-refractivity contribution in [3.63, 3.8) is 0 Å². The van der Waals surface area contributed by atoms with Crippen LogP contribution in [0.3, 0.4) is 0 Å². The van der Waals surface area contributed by atoms with Crippen LogP contribution in [0.5, 0.6) is 34.5 Å². The summed E-state index contributed by atoms with van der Waals surface area (Å²) in [7, 11) is -3.48. The van der Waals surface area contributed by atoms with Crippen molar-refractivity contribution in [3.05, 3.63) is 95.6 Å². The largest absolute Gasteiger partial charge is 0.477 e. The summed E-state index contributed by atoms with van der Waals surface area (Å²) in [4.78, 5) is 4.83. The second-order valence-electron chi connectivity index (χ2n) is 11.5. The van der Waals surface area contributed by atoms with E-state index in [1.807, 2.05) is 48.5 Å². The predicted octanol–water partition coefficient (Wildman–Crippen LogP) is 1.49. The number of rotatable bonds is 0. The van der Waals surface area contributed by atoms with Gasteiger partial charge in [-0.25, -0.2) is 10.6 Å². The molecule has 0 aliphatic carbocycles. The maximum Gasteiger partial charge on any atom is 0.388 e. The van der Waals surface area contributed by atoms with Crippen molar-refractivity contribution in [1.82, 2.24) is 15.6 Å². The lowest BCUT2D eigenvalue weighted by molar-refractivity contribution is -0.850. The van der Waals surface area contributed by atoms with Crippen LogP contribution in [0.25, 0.3) is 11.1 Å². The zero-order chi connectivity index (χ0) is 27.2. The van der Waals surface area contributed by atoms with Crippen LogP contribution in [0.2, 0.25) is 0 Å². The van der Waals surface area contributed by atoms with E-state index in [-0.39, 0.29) is 13.5 Å². The Balaban J connectivity index is 1.36. The molecule has 5 aromatic rings. The Kier molecular flexibility index (Phi) is 3.10. The number of nitrogens with zero attached hydrogens (tertiary/aromatic N) is 3. The summed E-state index contributed by atoms with van der Waals surface area (Å²) in [5.41, 5.74) is 4.04. The molecule has 11 heteroatoms. The Labute approximate surface area is 237 Å². The molecule has 12 rings (SSSR count). The zero-order valence-electron chi connectivity index (χ0n) is 21.7. The van der Waals surface area contributed by atoms with E-state index in [4.69, 9.17) is 23.9 Å². The molecule has 2 atom stereocenters. The summed E-state index contributed by atoms with van der Waals surface area (Å²) in [5.74, 6) is 4.16. The molecule has 0 amide bonds. The Hall–Kier alpha value is -4.76. The predicted molar refractivity (Wildman–Crippen MR) is 146 cm³/mol. The highest BCUT2D eigenvalue weighted by Gasteiger charge is 2.74. The molecule has 2 spiro atoms. The number of ether oxygens (including phenoxy) is 4. The molecule has 7 aliphatic heterocycles. The quantitative estimate of drug-likeness (QED) is 0.209. The summed E-state index contributed by atoms with van der Waals surface area (Å²) in [6.45, 7) is 0.511. The van der Waals surface area contributed by atoms with Crippen molar-refractivity contribution >= 4 is 23.3 Å². The molecule has 0 saturated heterocycles. The third-order valence-corrected chi connectivity index (χ3v) is 13.2. The van der Waals surface area contributed by atoms with Crippen molar-refractivity contribution in [1.29, 1.82) is 0 Å². The van der Waals surface area contributed by atoms with Gasteiger partial charge in [-0.05, 0) is 59.7 Å². The maximum atomic E-state index is 16.3. The smallest absolute Gasteiger partial charge is 0.388 e. The topological polar surface area (TPSA) is 98.7 Å². The van der Waals surface area contributed by atoms with Gasteiger partial charge in [0.15, 0.2) is 0 Å². The van der Waals surface area contributed by atoms with Crippen LogP contribution in [0.15, 0.2) is 73.3 Å². The van der Waals surface area contributed by atoms with Gasteiger partial charge in [0, 0.05) is 0 Å². The fourth-order valence-electron chi connectivity index (χ4n) is 8.65. The van der Waals surface area contributed by atoms with Crippen LogP contribution in [0, 0.1) is 0 Å². The Bertz CT molecular complexity index is 2140. The molecule has 2 N–H and O–H groups in total. The molecule has 8 heterocycles. The molecule has 0 fully saturated rings. The van der Waals surface area contributed by atoms with Gasteiger partial charge in [0.05, 0.1) is 26.7 Å². The molecular weight excluding hydrogens is 553 g/mol. The van der Waals surface area contributed by atoms with Gasteiger partial charge in [-0.3, -0.25) is 4.57 Å². The number of fused-ring (bicyclic) bond motifs is 1. The molecule has 42 heavy (non-hydrogen) atoms. The summed E-state index contributed by atoms with van der Waals surface area (Å²) < 4.78 is 45.8. The highest BCUT2D eigenvalue weighted by Crippen LogP contribution is 2.65. The molecule has 0 saturated carbocycles. The summed E-state index contributed by atoms with van der Waals surface area (Å²) in [5, 5.41) is 9.01. The summed E-state index contributed by atoms with van der Waals surface area (Å²) >= 11 is 0. The van der Waals surface area contributed by atoms with E-state index in [1.165, 1.54) is 0 Å². The van der Waals surface area contributed by atoms with Crippen molar-refractivity contribution in [2.24, 2.45) is 0 Å². The summed E-state index contributed by atoms with van der Waals surface area (Å²) in [6.07, 6.45) is 3.59. The monoisotopic (exact) mass is 571 g/mol. The normalized spacial score (nSPS) is 27.3. The van der Waals surface area contributed by atoms with Crippen molar-refractivity contribution in [3.8, 4) is 45.6 Å². The third kappa shape index (κ3) is 1.81. The lowest BCUT2D eigenvalue weighted by atomic mass is 9.83. The fourth-order valence-corrected chi connectivity index (χ4v) is 12.5. The van der Waals surface area contributed by atoms with Crippen LogP contribution in [-0.2, 0) is 15.9 Å². The SMILES string of the molecule is O=P12c3c4ccc5c3C3(NCOc6cccc(c63)O5)[n+]3cnc[n+](c31)C13NCOc5cccc(c51)Oc1ccc-4c2c13. The number of benzene rings is 4. The van der Waals surface area contributed by atoms with Gasteiger partial charge >= 0.3 is 18.2 Å². The number of hydrogen-bond acceptors (Lipinski definition) is 8. The van der Waals surface area contributed by atoms with Crippen molar-refractivity contribution in [2.75, 3.05) is 13.5 Å². The molecule has 10 nitrogen and oxygen atoms in total.